The summed E-state index contributed by atoms with van der Waals surface area (Å²) in [6.07, 6.45) is 6.26. The highest BCUT2D eigenvalue weighted by atomic mass is 17.0. The number of aliphatic hydroxyl groups is 1. The first-order valence-electron chi connectivity index (χ1n) is 11.7. The lowest BCUT2D eigenvalue weighted by atomic mass is 10.2. The van der Waals surface area contributed by atoms with Gasteiger partial charge in [0.2, 0.25) is 0 Å². The van der Waals surface area contributed by atoms with Crippen LogP contribution in [-0.2, 0) is 25.8 Å². The molecule has 1 N–H and O–H groups in total. The molecule has 1 atom stereocenters. The molecule has 0 fully saturated rings. The van der Waals surface area contributed by atoms with Crippen LogP contribution in [0.15, 0.2) is 30.3 Å². The third kappa shape index (κ3) is 49.4. The molecule has 1 rings (SSSR count). The van der Waals surface area contributed by atoms with E-state index >= 15 is 0 Å². The molecule has 0 amide bonds. The van der Waals surface area contributed by atoms with Crippen LogP contribution in [0.3, 0.4) is 0 Å². The number of carbonyl (C=O) groups excluding carboxylic acids is 1. The quantitative estimate of drug-likeness (QED) is 0.209. The zero-order valence-corrected chi connectivity index (χ0v) is 22.6. The molecule has 0 aliphatic carbocycles. The fourth-order valence-corrected chi connectivity index (χ4v) is 2.01. The maximum Gasteiger partial charge on any atom is 0.294 e. The molecule has 0 saturated carbocycles. The van der Waals surface area contributed by atoms with E-state index < -0.39 is 10.2 Å². The van der Waals surface area contributed by atoms with E-state index in [4.69, 9.17) is 14.6 Å². The average Bonchev–Trinajstić information content (AvgIpc) is 2.86. The Morgan fingerprint density at radius 2 is 1.43 bits per heavy atom. The van der Waals surface area contributed by atoms with Gasteiger partial charge in [0.05, 0.1) is 13.2 Å². The molecule has 11 heteroatoms. The Hall–Kier alpha value is -2.79. The molecule has 0 aliphatic heterocycles. The summed E-state index contributed by atoms with van der Waals surface area (Å²) < 4.78 is 4.93. The molecule has 0 spiro atoms. The van der Waals surface area contributed by atoms with Crippen molar-refractivity contribution in [2.24, 2.45) is 0 Å². The number of unbranched alkanes of at least 4 members (excludes halogenated alkanes) is 2. The minimum absolute atomic E-state index is 0.208. The summed E-state index contributed by atoms with van der Waals surface area (Å²) in [5.74, 6) is 0. The second-order valence-corrected chi connectivity index (χ2v) is 6.54. The van der Waals surface area contributed by atoms with Gasteiger partial charge in [0.15, 0.2) is 0 Å². The molecule has 0 aliphatic rings. The maximum absolute atomic E-state index is 9.83. The van der Waals surface area contributed by atoms with E-state index in [0.29, 0.717) is 13.0 Å². The summed E-state index contributed by atoms with van der Waals surface area (Å²) in [5, 5.41) is 24.9. The Bertz CT molecular complexity index is 521. The summed E-state index contributed by atoms with van der Waals surface area (Å²) >= 11 is 0. The minimum atomic E-state index is -0.754. The van der Waals surface area contributed by atoms with Crippen molar-refractivity contribution in [1.82, 2.24) is 0 Å². The van der Waals surface area contributed by atoms with Crippen LogP contribution in [0, 0.1) is 20.2 Å². The monoisotopic (exact) mass is 508 g/mol. The van der Waals surface area contributed by atoms with Gasteiger partial charge in [0.25, 0.3) is 10.2 Å². The van der Waals surface area contributed by atoms with E-state index in [1.165, 1.54) is 12.0 Å². The van der Waals surface area contributed by atoms with Gasteiger partial charge in [-0.05, 0) is 24.8 Å². The molecule has 208 valence electrons. The van der Waals surface area contributed by atoms with E-state index in [2.05, 4.69) is 23.5 Å². The van der Waals surface area contributed by atoms with E-state index in [1.807, 2.05) is 57.9 Å². The highest BCUT2D eigenvalue weighted by Gasteiger charge is 2.08. The molecule has 0 aromatic heterocycles. The Balaban J connectivity index is -0.000000114. The third-order valence-electron chi connectivity index (χ3n) is 3.40. The number of hydrogen-bond acceptors (Lipinski definition) is 9. The predicted molar refractivity (Wildman–Crippen MR) is 138 cm³/mol. The predicted octanol–water partition coefficient (Wildman–Crippen LogP) is 5.83. The van der Waals surface area contributed by atoms with Crippen molar-refractivity contribution in [2.45, 2.75) is 92.3 Å². The van der Waals surface area contributed by atoms with Crippen molar-refractivity contribution in [1.29, 1.82) is 0 Å². The van der Waals surface area contributed by atoms with E-state index in [9.17, 15) is 20.2 Å². The van der Waals surface area contributed by atoms with Gasteiger partial charge in [-0.15, -0.1) is 20.2 Å². The van der Waals surface area contributed by atoms with Gasteiger partial charge in [-0.3, -0.25) is 0 Å². The van der Waals surface area contributed by atoms with Gasteiger partial charge >= 0.3 is 0 Å². The molecule has 1 unspecified atom stereocenters. The molecule has 0 radical (unpaired) electrons. The van der Waals surface area contributed by atoms with Crippen molar-refractivity contribution in [3.8, 4) is 0 Å². The van der Waals surface area contributed by atoms with Crippen LogP contribution in [0.4, 0.5) is 0 Å². The molecule has 35 heavy (non-hydrogen) atoms. The van der Waals surface area contributed by atoms with Gasteiger partial charge < -0.3 is 24.3 Å². The number of carbonyl (C=O) groups is 1. The molecule has 11 nitrogen and oxygen atoms in total. The molecule has 1 aromatic rings. The van der Waals surface area contributed by atoms with Gasteiger partial charge in [-0.1, -0.05) is 90.6 Å². The van der Waals surface area contributed by atoms with Crippen LogP contribution < -0.4 is 0 Å². The van der Waals surface area contributed by atoms with Crippen LogP contribution >= 0.6 is 0 Å². The number of rotatable bonds is 12. The number of hydrogen-bond donors (Lipinski definition) is 1. The summed E-state index contributed by atoms with van der Waals surface area (Å²) in [4.78, 5) is 35.8. The number of benzene rings is 1. The zero-order chi connectivity index (χ0) is 28.3. The number of aliphatic hydroxyl groups excluding tert-OH is 1. The van der Waals surface area contributed by atoms with E-state index in [1.54, 1.807) is 7.11 Å². The summed E-state index contributed by atoms with van der Waals surface area (Å²) in [6, 6.07) is 10.1. The molecule has 0 saturated heterocycles. The van der Waals surface area contributed by atoms with Crippen molar-refractivity contribution in [3.63, 3.8) is 0 Å². The standard InChI is InChI=1S/C8H10O.C6H13NO3.C5H11NO3.C3H8.CH4O.CH2O/c1-9-7-8-5-3-2-4-6-8;1-3-5-6(4-2)10-7(8)9;1-2-3-4-5-9-6(7)8;1-3-2;2*1-2/h2-6H,7H2,1H3;6H,3-5H2,1-2H3;2-5H2,1H3;3H2,1-2H3;2H,1H3;1H2. The third-order valence-corrected chi connectivity index (χ3v) is 3.40. The maximum atomic E-state index is 9.83. The molecular formula is C24H48N2O9. The average molecular weight is 509 g/mol. The smallest absolute Gasteiger partial charge is 0.294 e. The number of methoxy groups -OCH3 is 1. The SMILES string of the molecule is C=O.CCC.CCCC(CC)O[N+](=O)[O-].CCCCCO[N+](=O)[O-].CO.COCc1ccccc1. The van der Waals surface area contributed by atoms with Crippen LogP contribution in [0.1, 0.15) is 85.1 Å². The fourth-order valence-electron chi connectivity index (χ4n) is 2.01. The topological polar surface area (TPSA) is 151 Å². The second kappa shape index (κ2) is 41.5. The van der Waals surface area contributed by atoms with Gasteiger partial charge in [-0.25, -0.2) is 0 Å². The van der Waals surface area contributed by atoms with Crippen LogP contribution in [-0.4, -0.2) is 49.0 Å². The Kier molecular flexibility index (Phi) is 50.2. The van der Waals surface area contributed by atoms with E-state index in [-0.39, 0.29) is 12.7 Å². The van der Waals surface area contributed by atoms with Crippen LogP contribution in [0.2, 0.25) is 0 Å². The number of ether oxygens (including phenoxy) is 1. The Morgan fingerprint density at radius 1 is 0.914 bits per heavy atom. The zero-order valence-electron chi connectivity index (χ0n) is 22.6. The Labute approximate surface area is 211 Å². The largest absolute Gasteiger partial charge is 0.400 e. The number of nitrogens with zero attached hydrogens (tertiary/aromatic N) is 2. The first-order valence-corrected chi connectivity index (χ1v) is 11.7. The molecular weight excluding hydrogens is 460 g/mol. The van der Waals surface area contributed by atoms with E-state index in [0.717, 1.165) is 39.2 Å². The molecule has 0 bridgehead atoms. The van der Waals surface area contributed by atoms with Crippen molar-refractivity contribution < 1.29 is 34.5 Å². The minimum Gasteiger partial charge on any atom is -0.400 e. The van der Waals surface area contributed by atoms with Crippen molar-refractivity contribution in [3.05, 3.63) is 56.1 Å². The fraction of sp³-hybridized carbons (Fsp3) is 0.708. The normalized spacial score (nSPS) is 9.14. The second-order valence-electron chi connectivity index (χ2n) is 6.54. The van der Waals surface area contributed by atoms with Gasteiger partial charge in [0, 0.05) is 14.2 Å². The lowest BCUT2D eigenvalue weighted by Crippen LogP contribution is -2.15. The molecule has 0 heterocycles. The first kappa shape index (κ1) is 42.4. The van der Waals surface area contributed by atoms with Gasteiger partial charge in [0.1, 0.15) is 12.9 Å². The van der Waals surface area contributed by atoms with Gasteiger partial charge in [-0.2, -0.15) is 0 Å². The summed E-state index contributed by atoms with van der Waals surface area (Å²) in [6.45, 7) is 13.1. The van der Waals surface area contributed by atoms with Crippen LogP contribution in [0.25, 0.3) is 0 Å². The summed E-state index contributed by atoms with van der Waals surface area (Å²) in [7, 11) is 2.70. The van der Waals surface area contributed by atoms with Crippen molar-refractivity contribution >= 4 is 6.79 Å². The lowest BCUT2D eigenvalue weighted by Gasteiger charge is -2.09. The first-order chi connectivity index (χ1) is 16.8. The highest BCUT2D eigenvalue weighted by molar-refractivity contribution is 5.13. The van der Waals surface area contributed by atoms with Crippen molar-refractivity contribution in [2.75, 3.05) is 20.8 Å². The lowest BCUT2D eigenvalue weighted by molar-refractivity contribution is -0.768. The molecule has 1 aromatic carbocycles. The van der Waals surface area contributed by atoms with Crippen LogP contribution in [0.5, 0.6) is 0 Å². The Morgan fingerprint density at radius 3 is 1.77 bits per heavy atom. The summed E-state index contributed by atoms with van der Waals surface area (Å²) in [5.41, 5.74) is 1.22. The highest BCUT2D eigenvalue weighted by Crippen LogP contribution is 2.05.